The third-order valence-corrected chi connectivity index (χ3v) is 2.27. The maximum Gasteiger partial charge on any atom is 0.106 e. The monoisotopic (exact) mass is 166 g/mol. The van der Waals surface area contributed by atoms with Crippen molar-refractivity contribution in [2.75, 3.05) is 13.2 Å². The van der Waals surface area contributed by atoms with E-state index < -0.39 is 0 Å². The zero-order valence-corrected chi connectivity index (χ0v) is 7.16. The second-order valence-electron chi connectivity index (χ2n) is 3.21. The van der Waals surface area contributed by atoms with Gasteiger partial charge in [-0.25, -0.2) is 0 Å². The van der Waals surface area contributed by atoms with Gasteiger partial charge in [-0.05, 0) is 25.3 Å². The predicted octanol–water partition coefficient (Wildman–Crippen LogP) is 2.03. The first-order valence-electron chi connectivity index (χ1n) is 4.56. The number of hydrogen-bond acceptors (Lipinski definition) is 2. The van der Waals surface area contributed by atoms with Crippen LogP contribution in [-0.4, -0.2) is 19.3 Å². The van der Waals surface area contributed by atoms with Crippen molar-refractivity contribution in [2.45, 2.75) is 25.4 Å². The summed E-state index contributed by atoms with van der Waals surface area (Å²) in [6.07, 6.45) is 9.88. The molecule has 0 aromatic rings. The molecule has 0 spiro atoms. The molecule has 0 saturated carbocycles. The summed E-state index contributed by atoms with van der Waals surface area (Å²) in [4.78, 5) is 0. The molecule has 1 unspecified atom stereocenters. The number of ether oxygens (including phenoxy) is 2. The van der Waals surface area contributed by atoms with Gasteiger partial charge in [0.05, 0.1) is 12.4 Å². The third kappa shape index (κ3) is 1.69. The van der Waals surface area contributed by atoms with E-state index in [1.807, 2.05) is 12.3 Å². The smallest absolute Gasteiger partial charge is 0.106 e. The van der Waals surface area contributed by atoms with Crippen LogP contribution < -0.4 is 0 Å². The number of hydrogen-bond donors (Lipinski definition) is 0. The van der Waals surface area contributed by atoms with Crippen LogP contribution in [0.1, 0.15) is 19.3 Å². The zero-order chi connectivity index (χ0) is 8.23. The van der Waals surface area contributed by atoms with Crippen LogP contribution in [0.3, 0.4) is 0 Å². The van der Waals surface area contributed by atoms with E-state index >= 15 is 0 Å². The molecule has 0 radical (unpaired) electrons. The van der Waals surface area contributed by atoms with Crippen LogP contribution in [0.5, 0.6) is 0 Å². The van der Waals surface area contributed by atoms with Crippen molar-refractivity contribution in [3.8, 4) is 0 Å². The average Bonchev–Trinajstić information content (AvgIpc) is 2.21. The highest BCUT2D eigenvalue weighted by atomic mass is 16.5. The van der Waals surface area contributed by atoms with E-state index in [0.29, 0.717) is 6.61 Å². The lowest BCUT2D eigenvalue weighted by Gasteiger charge is -2.24. The largest absolute Gasteiger partial charge is 0.497 e. The SMILES string of the molecule is C1=CC(C2CCCCO2)=COC1. The Kier molecular flexibility index (Phi) is 2.47. The van der Waals surface area contributed by atoms with Gasteiger partial charge in [-0.3, -0.25) is 0 Å². The van der Waals surface area contributed by atoms with E-state index in [0.717, 1.165) is 13.0 Å². The van der Waals surface area contributed by atoms with E-state index in [1.54, 1.807) is 0 Å². The fraction of sp³-hybridized carbons (Fsp3) is 0.600. The van der Waals surface area contributed by atoms with Crippen LogP contribution in [0.2, 0.25) is 0 Å². The second-order valence-corrected chi connectivity index (χ2v) is 3.21. The Morgan fingerprint density at radius 3 is 3.00 bits per heavy atom. The molecule has 1 fully saturated rings. The molecule has 2 nitrogen and oxygen atoms in total. The van der Waals surface area contributed by atoms with Gasteiger partial charge in [-0.15, -0.1) is 0 Å². The van der Waals surface area contributed by atoms with Crippen molar-refractivity contribution in [1.29, 1.82) is 0 Å². The highest BCUT2D eigenvalue weighted by molar-refractivity contribution is 5.23. The average molecular weight is 166 g/mol. The molecule has 2 aliphatic heterocycles. The molecule has 1 saturated heterocycles. The summed E-state index contributed by atoms with van der Waals surface area (Å²) >= 11 is 0. The predicted molar refractivity (Wildman–Crippen MR) is 46.8 cm³/mol. The minimum absolute atomic E-state index is 0.287. The molecule has 0 aromatic heterocycles. The first kappa shape index (κ1) is 7.87. The summed E-state index contributed by atoms with van der Waals surface area (Å²) in [5.41, 5.74) is 1.20. The van der Waals surface area contributed by atoms with Crippen molar-refractivity contribution < 1.29 is 9.47 Å². The maximum atomic E-state index is 5.62. The van der Waals surface area contributed by atoms with E-state index in [2.05, 4.69) is 6.08 Å². The Bertz CT molecular complexity index is 200. The Labute approximate surface area is 72.9 Å². The molecular formula is C10H14O2. The summed E-state index contributed by atoms with van der Waals surface area (Å²) in [7, 11) is 0. The van der Waals surface area contributed by atoms with Crippen molar-refractivity contribution in [1.82, 2.24) is 0 Å². The van der Waals surface area contributed by atoms with Gasteiger partial charge in [-0.2, -0.15) is 0 Å². The Morgan fingerprint density at radius 1 is 1.33 bits per heavy atom. The van der Waals surface area contributed by atoms with Gasteiger partial charge in [0, 0.05) is 12.2 Å². The fourth-order valence-corrected chi connectivity index (χ4v) is 1.61. The van der Waals surface area contributed by atoms with Crippen LogP contribution in [0.15, 0.2) is 24.0 Å². The minimum Gasteiger partial charge on any atom is -0.497 e. The van der Waals surface area contributed by atoms with Gasteiger partial charge >= 0.3 is 0 Å². The summed E-state index contributed by atoms with van der Waals surface area (Å²) in [5.74, 6) is 0. The van der Waals surface area contributed by atoms with Gasteiger partial charge in [0.2, 0.25) is 0 Å². The van der Waals surface area contributed by atoms with Gasteiger partial charge < -0.3 is 9.47 Å². The highest BCUT2D eigenvalue weighted by Crippen LogP contribution is 2.21. The molecule has 2 rings (SSSR count). The topological polar surface area (TPSA) is 18.5 Å². The molecule has 12 heavy (non-hydrogen) atoms. The summed E-state index contributed by atoms with van der Waals surface area (Å²) in [6.45, 7) is 1.60. The molecule has 2 heterocycles. The van der Waals surface area contributed by atoms with Crippen molar-refractivity contribution >= 4 is 0 Å². The quantitative estimate of drug-likeness (QED) is 0.593. The lowest BCUT2D eigenvalue weighted by molar-refractivity contribution is 0.0387. The van der Waals surface area contributed by atoms with E-state index in [-0.39, 0.29) is 6.10 Å². The van der Waals surface area contributed by atoms with Crippen LogP contribution in [0.4, 0.5) is 0 Å². The van der Waals surface area contributed by atoms with Crippen LogP contribution in [0, 0.1) is 0 Å². The van der Waals surface area contributed by atoms with Crippen LogP contribution in [-0.2, 0) is 9.47 Å². The minimum atomic E-state index is 0.287. The molecule has 0 amide bonds. The molecule has 0 N–H and O–H groups in total. The third-order valence-electron chi connectivity index (χ3n) is 2.27. The van der Waals surface area contributed by atoms with Crippen molar-refractivity contribution in [3.63, 3.8) is 0 Å². The standard InChI is InChI=1S/C10H14O2/c1-2-7-12-10(5-1)9-4-3-6-11-8-9/h3-4,8,10H,1-2,5-7H2. The van der Waals surface area contributed by atoms with Crippen LogP contribution >= 0.6 is 0 Å². The van der Waals surface area contributed by atoms with E-state index in [1.165, 1.54) is 18.4 Å². The molecule has 0 bridgehead atoms. The first-order chi connectivity index (χ1) is 5.97. The molecule has 0 aromatic carbocycles. The van der Waals surface area contributed by atoms with Gasteiger partial charge in [0.15, 0.2) is 0 Å². The summed E-state index contributed by atoms with van der Waals surface area (Å²) in [6, 6.07) is 0. The Balaban J connectivity index is 1.97. The summed E-state index contributed by atoms with van der Waals surface area (Å²) < 4.78 is 10.8. The lowest BCUT2D eigenvalue weighted by atomic mass is 10.0. The van der Waals surface area contributed by atoms with E-state index in [4.69, 9.17) is 9.47 Å². The first-order valence-corrected chi connectivity index (χ1v) is 4.56. The Morgan fingerprint density at radius 2 is 2.33 bits per heavy atom. The lowest BCUT2D eigenvalue weighted by Crippen LogP contribution is -2.21. The van der Waals surface area contributed by atoms with Crippen molar-refractivity contribution in [2.24, 2.45) is 0 Å². The molecule has 66 valence electrons. The fourth-order valence-electron chi connectivity index (χ4n) is 1.61. The zero-order valence-electron chi connectivity index (χ0n) is 7.16. The number of rotatable bonds is 1. The normalized spacial score (nSPS) is 29.3. The second kappa shape index (κ2) is 3.76. The summed E-state index contributed by atoms with van der Waals surface area (Å²) in [5, 5.41) is 0. The highest BCUT2D eigenvalue weighted by Gasteiger charge is 2.17. The molecular weight excluding hydrogens is 152 g/mol. The van der Waals surface area contributed by atoms with Gasteiger partial charge in [-0.1, -0.05) is 6.08 Å². The Hall–Kier alpha value is -0.760. The van der Waals surface area contributed by atoms with Crippen LogP contribution in [0.25, 0.3) is 0 Å². The van der Waals surface area contributed by atoms with E-state index in [9.17, 15) is 0 Å². The molecule has 1 atom stereocenters. The van der Waals surface area contributed by atoms with Gasteiger partial charge in [0.1, 0.15) is 6.61 Å². The van der Waals surface area contributed by atoms with Gasteiger partial charge in [0.25, 0.3) is 0 Å². The molecule has 2 heteroatoms. The molecule has 2 aliphatic rings. The van der Waals surface area contributed by atoms with Crippen molar-refractivity contribution in [3.05, 3.63) is 24.0 Å². The molecule has 0 aliphatic carbocycles. The maximum absolute atomic E-state index is 5.62.